The van der Waals surface area contributed by atoms with Crippen molar-refractivity contribution in [2.24, 2.45) is 0 Å². The normalized spacial score (nSPS) is 9.71. The number of hydrogen-bond acceptors (Lipinski definition) is 2. The van der Waals surface area contributed by atoms with Gasteiger partial charge in [0.25, 0.3) is 0 Å². The van der Waals surface area contributed by atoms with Crippen molar-refractivity contribution in [1.82, 2.24) is 4.98 Å². The van der Waals surface area contributed by atoms with E-state index in [-0.39, 0.29) is 0 Å². The number of rotatable bonds is 0. The van der Waals surface area contributed by atoms with Crippen LogP contribution in [0, 0.1) is 30.2 Å². The zero-order valence-electron chi connectivity index (χ0n) is 8.93. The first-order valence-electron chi connectivity index (χ1n) is 4.43. The minimum absolute atomic E-state index is 0.831. The zero-order chi connectivity index (χ0) is 10.6. The highest BCUT2D eigenvalue weighted by atomic mass is 32.1. The SMILES string of the molecule is Cc1nc(C#CC#C[Si](C)(C)C)cs1. The van der Waals surface area contributed by atoms with Gasteiger partial charge in [0, 0.05) is 5.38 Å². The average Bonchev–Trinajstić information content (AvgIpc) is 2.44. The molecular weight excluding hydrogens is 206 g/mol. The van der Waals surface area contributed by atoms with E-state index in [0.29, 0.717) is 0 Å². The summed E-state index contributed by atoms with van der Waals surface area (Å²) in [5.41, 5.74) is 4.02. The molecule has 0 saturated carbocycles. The number of nitrogens with zero attached hydrogens (tertiary/aromatic N) is 1. The van der Waals surface area contributed by atoms with E-state index >= 15 is 0 Å². The van der Waals surface area contributed by atoms with Crippen LogP contribution in [-0.2, 0) is 0 Å². The van der Waals surface area contributed by atoms with E-state index in [2.05, 4.69) is 47.9 Å². The molecule has 0 unspecified atom stereocenters. The van der Waals surface area contributed by atoms with Crippen LogP contribution in [0.25, 0.3) is 0 Å². The van der Waals surface area contributed by atoms with Gasteiger partial charge < -0.3 is 0 Å². The summed E-state index contributed by atoms with van der Waals surface area (Å²) in [5, 5.41) is 3.01. The smallest absolute Gasteiger partial charge is 0.130 e. The Morgan fingerprint density at radius 3 is 2.50 bits per heavy atom. The van der Waals surface area contributed by atoms with E-state index in [1.807, 2.05) is 12.3 Å². The summed E-state index contributed by atoms with van der Waals surface area (Å²) in [7, 11) is -1.27. The fraction of sp³-hybridized carbons (Fsp3) is 0.364. The highest BCUT2D eigenvalue weighted by molar-refractivity contribution is 7.09. The lowest BCUT2D eigenvalue weighted by atomic mass is 10.5. The Morgan fingerprint density at radius 1 is 1.29 bits per heavy atom. The minimum Gasteiger partial charge on any atom is -0.233 e. The largest absolute Gasteiger partial charge is 0.233 e. The standard InChI is InChI=1S/C11H13NSSi/c1-10-12-11(9-13-10)7-5-6-8-14(2,3)4/h9H,1-4H3. The Morgan fingerprint density at radius 2 is 2.00 bits per heavy atom. The Kier molecular flexibility index (Phi) is 3.52. The van der Waals surface area contributed by atoms with Crippen LogP contribution in [0.3, 0.4) is 0 Å². The van der Waals surface area contributed by atoms with Crippen molar-refractivity contribution in [3.05, 3.63) is 16.1 Å². The molecule has 0 aromatic carbocycles. The van der Waals surface area contributed by atoms with Crippen LogP contribution in [0.4, 0.5) is 0 Å². The topological polar surface area (TPSA) is 12.9 Å². The number of aryl methyl sites for hydroxylation is 1. The van der Waals surface area contributed by atoms with Crippen LogP contribution >= 0.6 is 11.3 Å². The minimum atomic E-state index is -1.27. The Bertz CT molecular complexity index is 432. The van der Waals surface area contributed by atoms with Crippen LogP contribution in [0.5, 0.6) is 0 Å². The molecule has 0 saturated heterocycles. The van der Waals surface area contributed by atoms with Crippen molar-refractivity contribution in [3.8, 4) is 23.3 Å². The fourth-order valence-electron chi connectivity index (χ4n) is 0.735. The quantitative estimate of drug-likeness (QED) is 0.483. The maximum absolute atomic E-state index is 4.23. The maximum Gasteiger partial charge on any atom is 0.130 e. The van der Waals surface area contributed by atoms with Crippen LogP contribution in [0.1, 0.15) is 10.7 Å². The van der Waals surface area contributed by atoms with E-state index in [1.165, 1.54) is 0 Å². The third-order valence-electron chi connectivity index (χ3n) is 1.31. The van der Waals surface area contributed by atoms with E-state index in [1.54, 1.807) is 11.3 Å². The molecule has 1 aromatic rings. The van der Waals surface area contributed by atoms with Crippen molar-refractivity contribution in [3.63, 3.8) is 0 Å². The molecule has 0 radical (unpaired) electrons. The average molecular weight is 219 g/mol. The van der Waals surface area contributed by atoms with Crippen LogP contribution in [-0.4, -0.2) is 13.1 Å². The molecule has 72 valence electrons. The molecule has 1 rings (SSSR count). The lowest BCUT2D eigenvalue weighted by Crippen LogP contribution is -2.16. The Labute approximate surface area is 90.6 Å². The fourth-order valence-corrected chi connectivity index (χ4v) is 1.72. The third kappa shape index (κ3) is 4.27. The monoisotopic (exact) mass is 219 g/mol. The van der Waals surface area contributed by atoms with Gasteiger partial charge in [0.15, 0.2) is 0 Å². The zero-order valence-corrected chi connectivity index (χ0v) is 10.7. The molecule has 0 aliphatic rings. The summed E-state index contributed by atoms with van der Waals surface area (Å²) >= 11 is 1.61. The van der Waals surface area contributed by atoms with E-state index in [4.69, 9.17) is 0 Å². The van der Waals surface area contributed by atoms with Gasteiger partial charge in [-0.1, -0.05) is 19.6 Å². The molecule has 0 amide bonds. The Balaban J connectivity index is 2.69. The maximum atomic E-state index is 4.23. The number of hydrogen-bond donors (Lipinski definition) is 0. The lowest BCUT2D eigenvalue weighted by Gasteiger charge is -2.01. The molecule has 1 heterocycles. The molecule has 0 aliphatic heterocycles. The van der Waals surface area contributed by atoms with E-state index in [9.17, 15) is 0 Å². The van der Waals surface area contributed by atoms with Gasteiger partial charge in [0.2, 0.25) is 0 Å². The van der Waals surface area contributed by atoms with Crippen LogP contribution < -0.4 is 0 Å². The van der Waals surface area contributed by atoms with Gasteiger partial charge in [-0.2, -0.15) is 0 Å². The van der Waals surface area contributed by atoms with Crippen LogP contribution in [0.15, 0.2) is 5.38 Å². The molecular formula is C11H13NSSi. The molecule has 1 nitrogen and oxygen atoms in total. The second kappa shape index (κ2) is 4.46. The first kappa shape index (κ1) is 11.0. The molecule has 0 N–H and O–H groups in total. The molecule has 14 heavy (non-hydrogen) atoms. The molecule has 0 aliphatic carbocycles. The van der Waals surface area contributed by atoms with Crippen molar-refractivity contribution in [1.29, 1.82) is 0 Å². The summed E-state index contributed by atoms with van der Waals surface area (Å²) in [4.78, 5) is 4.23. The molecule has 0 atom stereocenters. The summed E-state index contributed by atoms with van der Waals surface area (Å²) in [6, 6.07) is 0. The summed E-state index contributed by atoms with van der Waals surface area (Å²) < 4.78 is 0. The van der Waals surface area contributed by atoms with Gasteiger partial charge in [-0.3, -0.25) is 0 Å². The Hall–Kier alpha value is -1.03. The molecule has 0 bridgehead atoms. The number of aromatic nitrogens is 1. The second-order valence-corrected chi connectivity index (χ2v) is 9.81. The predicted molar refractivity (Wildman–Crippen MR) is 64.9 cm³/mol. The molecule has 0 spiro atoms. The van der Waals surface area contributed by atoms with E-state index < -0.39 is 8.07 Å². The van der Waals surface area contributed by atoms with Crippen LogP contribution in [0.2, 0.25) is 19.6 Å². The summed E-state index contributed by atoms with van der Waals surface area (Å²) in [6.45, 7) is 8.58. The van der Waals surface area contributed by atoms with Crippen molar-refractivity contribution in [2.45, 2.75) is 26.6 Å². The summed E-state index contributed by atoms with van der Waals surface area (Å²) in [5.74, 6) is 8.67. The molecule has 1 aromatic heterocycles. The first-order valence-corrected chi connectivity index (χ1v) is 8.81. The van der Waals surface area contributed by atoms with Gasteiger partial charge in [0.1, 0.15) is 13.8 Å². The van der Waals surface area contributed by atoms with Gasteiger partial charge in [0.05, 0.1) is 5.01 Å². The second-order valence-electron chi connectivity index (χ2n) is 4.00. The predicted octanol–water partition coefficient (Wildman–Crippen LogP) is 2.68. The molecule has 0 fully saturated rings. The van der Waals surface area contributed by atoms with Gasteiger partial charge >= 0.3 is 0 Å². The van der Waals surface area contributed by atoms with E-state index in [0.717, 1.165) is 10.7 Å². The molecule has 3 heteroatoms. The van der Waals surface area contributed by atoms with Gasteiger partial charge in [-0.15, -0.1) is 16.9 Å². The number of thiazole rings is 1. The third-order valence-corrected chi connectivity index (χ3v) is 2.96. The van der Waals surface area contributed by atoms with Crippen molar-refractivity contribution >= 4 is 19.4 Å². The highest BCUT2D eigenvalue weighted by Gasteiger charge is 2.06. The summed E-state index contributed by atoms with van der Waals surface area (Å²) in [6.07, 6.45) is 0. The lowest BCUT2D eigenvalue weighted by molar-refractivity contribution is 1.27. The van der Waals surface area contributed by atoms with Gasteiger partial charge in [-0.05, 0) is 24.7 Å². The van der Waals surface area contributed by atoms with Crippen molar-refractivity contribution < 1.29 is 0 Å². The first-order chi connectivity index (χ1) is 6.47. The van der Waals surface area contributed by atoms with Gasteiger partial charge in [-0.25, -0.2) is 4.98 Å². The highest BCUT2D eigenvalue weighted by Crippen LogP contribution is 2.05. The van der Waals surface area contributed by atoms with Crippen molar-refractivity contribution in [2.75, 3.05) is 0 Å².